The van der Waals surface area contributed by atoms with Crippen LogP contribution >= 0.6 is 27.3 Å². The van der Waals surface area contributed by atoms with Gasteiger partial charge in [-0.15, -0.1) is 11.3 Å². The third-order valence-electron chi connectivity index (χ3n) is 2.67. The van der Waals surface area contributed by atoms with Crippen molar-refractivity contribution in [2.75, 3.05) is 6.54 Å². The molecular formula is C14H14BrNOS. The van der Waals surface area contributed by atoms with Crippen molar-refractivity contribution in [1.82, 2.24) is 0 Å². The maximum Gasteiger partial charge on any atom is 0.168 e. The van der Waals surface area contributed by atoms with Crippen LogP contribution in [0.2, 0.25) is 0 Å². The van der Waals surface area contributed by atoms with Crippen molar-refractivity contribution in [1.29, 1.82) is 0 Å². The van der Waals surface area contributed by atoms with E-state index >= 15 is 0 Å². The van der Waals surface area contributed by atoms with Gasteiger partial charge in [-0.1, -0.05) is 24.3 Å². The van der Waals surface area contributed by atoms with E-state index in [-0.39, 0.29) is 5.78 Å². The van der Waals surface area contributed by atoms with Crippen LogP contribution in [0.15, 0.2) is 40.2 Å². The Bertz CT molecular complexity index is 533. The van der Waals surface area contributed by atoms with Crippen molar-refractivity contribution >= 4 is 33.0 Å². The quantitative estimate of drug-likeness (QED) is 0.856. The summed E-state index contributed by atoms with van der Waals surface area (Å²) in [6.45, 7) is 0.635. The molecule has 2 rings (SSSR count). The monoisotopic (exact) mass is 323 g/mol. The highest BCUT2D eigenvalue weighted by Gasteiger charge is 2.08. The van der Waals surface area contributed by atoms with Gasteiger partial charge in [0, 0.05) is 26.7 Å². The number of carbonyl (C=O) groups excluding carboxylic acids is 1. The summed E-state index contributed by atoms with van der Waals surface area (Å²) in [7, 11) is 0. The first-order valence-electron chi connectivity index (χ1n) is 5.74. The van der Waals surface area contributed by atoms with Crippen molar-refractivity contribution in [3.05, 3.63) is 56.2 Å². The van der Waals surface area contributed by atoms with Crippen molar-refractivity contribution in [2.45, 2.75) is 12.8 Å². The summed E-state index contributed by atoms with van der Waals surface area (Å²) >= 11 is 4.99. The van der Waals surface area contributed by atoms with Gasteiger partial charge in [0.25, 0.3) is 0 Å². The molecule has 18 heavy (non-hydrogen) atoms. The summed E-state index contributed by atoms with van der Waals surface area (Å²) in [5, 5.41) is 1.99. The highest BCUT2D eigenvalue weighted by atomic mass is 79.9. The lowest BCUT2D eigenvalue weighted by Gasteiger charge is -2.02. The van der Waals surface area contributed by atoms with Gasteiger partial charge in [-0.05, 0) is 40.5 Å². The highest BCUT2D eigenvalue weighted by molar-refractivity contribution is 9.10. The Hall–Kier alpha value is -0.970. The number of hydrogen-bond donors (Lipinski definition) is 1. The van der Waals surface area contributed by atoms with E-state index < -0.39 is 0 Å². The van der Waals surface area contributed by atoms with Crippen molar-refractivity contribution in [2.24, 2.45) is 5.73 Å². The predicted octanol–water partition coefficient (Wildman–Crippen LogP) is 3.44. The van der Waals surface area contributed by atoms with E-state index in [1.165, 1.54) is 5.56 Å². The third-order valence-corrected chi connectivity index (χ3v) is 4.36. The first kappa shape index (κ1) is 13.5. The molecule has 4 heteroatoms. The van der Waals surface area contributed by atoms with Crippen LogP contribution in [0.1, 0.15) is 20.8 Å². The van der Waals surface area contributed by atoms with Crippen LogP contribution in [0.4, 0.5) is 0 Å². The molecule has 0 fully saturated rings. The van der Waals surface area contributed by atoms with Crippen LogP contribution in [0.3, 0.4) is 0 Å². The molecule has 0 aliphatic heterocycles. The summed E-state index contributed by atoms with van der Waals surface area (Å²) < 4.78 is 1.04. The molecule has 0 aliphatic rings. The van der Waals surface area contributed by atoms with Crippen molar-refractivity contribution in [3.63, 3.8) is 0 Å². The number of rotatable bonds is 5. The van der Waals surface area contributed by atoms with Gasteiger partial charge >= 0.3 is 0 Å². The molecule has 0 spiro atoms. The average molecular weight is 324 g/mol. The average Bonchev–Trinajstić information content (AvgIpc) is 2.76. The lowest BCUT2D eigenvalue weighted by molar-refractivity contribution is 0.0994. The molecular weight excluding hydrogens is 310 g/mol. The molecule has 0 aliphatic carbocycles. The summed E-state index contributed by atoms with van der Waals surface area (Å²) in [6, 6.07) is 9.71. The smallest absolute Gasteiger partial charge is 0.168 e. The number of Topliss-reactive ketones (excluding diaryl/α,β-unsaturated/α-hetero) is 1. The molecule has 0 unspecified atom stereocenters. The van der Waals surface area contributed by atoms with Gasteiger partial charge in [-0.25, -0.2) is 0 Å². The molecule has 1 aromatic carbocycles. The molecule has 2 nitrogen and oxygen atoms in total. The molecule has 1 aromatic heterocycles. The second-order valence-corrected chi connectivity index (χ2v) is 5.98. The molecule has 2 aromatic rings. The Morgan fingerprint density at radius 2 is 2.00 bits per heavy atom. The lowest BCUT2D eigenvalue weighted by Crippen LogP contribution is -2.04. The van der Waals surface area contributed by atoms with E-state index in [9.17, 15) is 4.79 Å². The lowest BCUT2D eigenvalue weighted by atomic mass is 10.0. The minimum atomic E-state index is 0.156. The van der Waals surface area contributed by atoms with Crippen molar-refractivity contribution < 1.29 is 4.79 Å². The van der Waals surface area contributed by atoms with Crippen LogP contribution < -0.4 is 5.73 Å². The topological polar surface area (TPSA) is 43.1 Å². The maximum atomic E-state index is 12.1. The van der Waals surface area contributed by atoms with E-state index in [2.05, 4.69) is 15.9 Å². The SMILES string of the molecule is NCCc1ccc(C(=O)Cc2cc(Br)cs2)cc1. The predicted molar refractivity (Wildman–Crippen MR) is 79.3 cm³/mol. The van der Waals surface area contributed by atoms with Gasteiger partial charge < -0.3 is 5.73 Å². The van der Waals surface area contributed by atoms with Gasteiger partial charge in [0.15, 0.2) is 5.78 Å². The van der Waals surface area contributed by atoms with Crippen LogP contribution in [0.25, 0.3) is 0 Å². The molecule has 0 amide bonds. The van der Waals surface area contributed by atoms with Crippen molar-refractivity contribution in [3.8, 4) is 0 Å². The van der Waals surface area contributed by atoms with Gasteiger partial charge in [0.05, 0.1) is 0 Å². The van der Waals surface area contributed by atoms with Gasteiger partial charge in [-0.3, -0.25) is 4.79 Å². The number of benzene rings is 1. The fourth-order valence-corrected chi connectivity index (χ4v) is 3.18. The molecule has 1 heterocycles. The Morgan fingerprint density at radius 1 is 1.28 bits per heavy atom. The second kappa shape index (κ2) is 6.27. The number of halogens is 1. The van der Waals surface area contributed by atoms with Crippen LogP contribution in [-0.4, -0.2) is 12.3 Å². The number of carbonyl (C=O) groups is 1. The normalized spacial score (nSPS) is 10.6. The van der Waals surface area contributed by atoms with E-state index in [1.807, 2.05) is 35.7 Å². The minimum absolute atomic E-state index is 0.156. The summed E-state index contributed by atoms with van der Waals surface area (Å²) in [5.41, 5.74) is 7.43. The minimum Gasteiger partial charge on any atom is -0.330 e. The zero-order chi connectivity index (χ0) is 13.0. The number of nitrogens with two attached hydrogens (primary N) is 1. The molecule has 0 bridgehead atoms. The summed E-state index contributed by atoms with van der Waals surface area (Å²) in [6.07, 6.45) is 1.32. The largest absolute Gasteiger partial charge is 0.330 e. The second-order valence-electron chi connectivity index (χ2n) is 4.07. The summed E-state index contributed by atoms with van der Waals surface area (Å²) in [5.74, 6) is 0.156. The van der Waals surface area contributed by atoms with E-state index in [4.69, 9.17) is 5.73 Å². The summed E-state index contributed by atoms with van der Waals surface area (Å²) in [4.78, 5) is 13.1. The Labute approximate surface area is 119 Å². The number of hydrogen-bond acceptors (Lipinski definition) is 3. The van der Waals surface area contributed by atoms with E-state index in [0.29, 0.717) is 13.0 Å². The van der Waals surface area contributed by atoms with Crippen LogP contribution in [0, 0.1) is 0 Å². The number of thiophene rings is 1. The zero-order valence-corrected chi connectivity index (χ0v) is 12.3. The maximum absolute atomic E-state index is 12.1. The first-order valence-corrected chi connectivity index (χ1v) is 7.41. The Balaban J connectivity index is 2.04. The standard InChI is InChI=1S/C14H14BrNOS/c15-12-7-13(18-9-12)8-14(17)11-3-1-10(2-4-11)5-6-16/h1-4,7,9H,5-6,8,16H2. The van der Waals surface area contributed by atoms with Crippen LogP contribution in [-0.2, 0) is 12.8 Å². The fraction of sp³-hybridized carbons (Fsp3) is 0.214. The molecule has 94 valence electrons. The molecule has 0 saturated carbocycles. The van der Waals surface area contributed by atoms with E-state index in [0.717, 1.165) is 21.3 Å². The fourth-order valence-electron chi connectivity index (χ4n) is 1.73. The highest BCUT2D eigenvalue weighted by Crippen LogP contribution is 2.21. The molecule has 0 radical (unpaired) electrons. The molecule has 0 atom stereocenters. The first-order chi connectivity index (χ1) is 8.69. The molecule has 0 saturated heterocycles. The third kappa shape index (κ3) is 3.51. The Kier molecular flexibility index (Phi) is 4.69. The van der Waals surface area contributed by atoms with Gasteiger partial charge in [-0.2, -0.15) is 0 Å². The Morgan fingerprint density at radius 3 is 2.56 bits per heavy atom. The van der Waals surface area contributed by atoms with Gasteiger partial charge in [0.1, 0.15) is 0 Å². The molecule has 2 N–H and O–H groups in total. The number of ketones is 1. The van der Waals surface area contributed by atoms with E-state index in [1.54, 1.807) is 11.3 Å². The van der Waals surface area contributed by atoms with Gasteiger partial charge in [0.2, 0.25) is 0 Å². The van der Waals surface area contributed by atoms with Crippen LogP contribution in [0.5, 0.6) is 0 Å². The zero-order valence-electron chi connectivity index (χ0n) is 9.86.